The molecule has 42 heavy (non-hydrogen) atoms. The minimum Gasteiger partial charge on any atom is -0.379 e. The Morgan fingerprint density at radius 2 is 0.476 bits per heavy atom. The van der Waals surface area contributed by atoms with E-state index in [1.165, 1.54) is 107 Å². The van der Waals surface area contributed by atoms with Gasteiger partial charge in [0.25, 0.3) is 0 Å². The number of rotatable bonds is 39. The van der Waals surface area contributed by atoms with Crippen molar-refractivity contribution in [3.05, 3.63) is 0 Å². The fourth-order valence-electron chi connectivity index (χ4n) is 4.47. The number of hydrogen-bond donors (Lipinski definition) is 0. The van der Waals surface area contributed by atoms with E-state index in [-0.39, 0.29) is 0 Å². The van der Waals surface area contributed by atoms with Crippen LogP contribution < -0.4 is 0 Å². The van der Waals surface area contributed by atoms with E-state index in [1.807, 2.05) is 0 Å². The van der Waals surface area contributed by atoms with Gasteiger partial charge in [-0.3, -0.25) is 0 Å². The first-order valence-electron chi connectivity index (χ1n) is 17.5. The third-order valence-electron chi connectivity index (χ3n) is 7.05. The molecule has 0 bridgehead atoms. The lowest BCUT2D eigenvalue weighted by atomic mass is 10.0. The zero-order valence-corrected chi connectivity index (χ0v) is 29.7. The van der Waals surface area contributed by atoms with Crippen LogP contribution in [0.15, 0.2) is 0 Å². The van der Waals surface area contributed by atoms with Crippen molar-refractivity contribution in [2.75, 3.05) is 96.9 Å². The summed E-state index contributed by atoms with van der Waals surface area (Å²) in [5.41, 5.74) is 0. The van der Waals surface area contributed by atoms with Crippen molar-refractivity contribution >= 4 is 22.6 Å². The molecule has 0 fully saturated rings. The molecule has 0 unspecified atom stereocenters. The smallest absolute Gasteiger partial charge is 0.0701 e. The van der Waals surface area contributed by atoms with E-state index < -0.39 is 0 Å². The molecule has 0 radical (unpaired) electrons. The van der Waals surface area contributed by atoms with Gasteiger partial charge in [-0.05, 0) is 23.7 Å². The number of hydrogen-bond acceptors (Lipinski definition) is 7. The van der Waals surface area contributed by atoms with Gasteiger partial charge < -0.3 is 33.2 Å². The summed E-state index contributed by atoms with van der Waals surface area (Å²) in [5.74, 6) is 0. The van der Waals surface area contributed by atoms with E-state index >= 15 is 0 Å². The molecule has 0 rings (SSSR count). The van der Waals surface area contributed by atoms with Crippen molar-refractivity contribution in [3.8, 4) is 0 Å². The van der Waals surface area contributed by atoms with Gasteiger partial charge in [-0.25, -0.2) is 0 Å². The van der Waals surface area contributed by atoms with Crippen LogP contribution in [0.2, 0.25) is 0 Å². The Kier molecular flexibility index (Phi) is 41.9. The van der Waals surface area contributed by atoms with Crippen LogP contribution in [0.4, 0.5) is 0 Å². The van der Waals surface area contributed by atoms with Crippen LogP contribution in [0.3, 0.4) is 0 Å². The van der Waals surface area contributed by atoms with E-state index in [2.05, 4.69) is 29.5 Å². The number of unbranched alkanes of at least 4 members (excludes halogenated alkanes) is 16. The summed E-state index contributed by atoms with van der Waals surface area (Å²) in [6, 6.07) is 0. The lowest BCUT2D eigenvalue weighted by Crippen LogP contribution is -2.14. The highest BCUT2D eigenvalue weighted by atomic mass is 127. The van der Waals surface area contributed by atoms with Crippen LogP contribution in [-0.4, -0.2) is 96.9 Å². The summed E-state index contributed by atoms with van der Waals surface area (Å²) < 4.78 is 40.1. The van der Waals surface area contributed by atoms with Gasteiger partial charge in [0.15, 0.2) is 0 Å². The predicted molar refractivity (Wildman–Crippen MR) is 183 cm³/mol. The van der Waals surface area contributed by atoms with Crippen LogP contribution in [0.5, 0.6) is 0 Å². The van der Waals surface area contributed by atoms with Gasteiger partial charge in [0.2, 0.25) is 0 Å². The van der Waals surface area contributed by atoms with Crippen LogP contribution in [0.25, 0.3) is 0 Å². The van der Waals surface area contributed by atoms with E-state index in [0.717, 1.165) is 26.1 Å². The molecule has 254 valence electrons. The first-order chi connectivity index (χ1) is 20.9. The second kappa shape index (κ2) is 41.4. The fourth-order valence-corrected chi connectivity index (χ4v) is 5.01. The molecule has 0 amide bonds. The molecule has 0 spiro atoms. The van der Waals surface area contributed by atoms with Crippen molar-refractivity contribution in [2.24, 2.45) is 0 Å². The Hall–Kier alpha value is 0.450. The molecular formula is C34H69IO7. The highest BCUT2D eigenvalue weighted by Gasteiger charge is 1.97. The summed E-state index contributed by atoms with van der Waals surface area (Å²) in [6.45, 7) is 11.2. The highest BCUT2D eigenvalue weighted by molar-refractivity contribution is 14.1. The monoisotopic (exact) mass is 716 g/mol. The Morgan fingerprint density at radius 3 is 0.738 bits per heavy atom. The van der Waals surface area contributed by atoms with Gasteiger partial charge in [0.1, 0.15) is 0 Å². The van der Waals surface area contributed by atoms with Gasteiger partial charge in [-0.15, -0.1) is 0 Å². The van der Waals surface area contributed by atoms with Crippen LogP contribution >= 0.6 is 22.6 Å². The first-order valence-corrected chi connectivity index (χ1v) is 19.0. The maximum atomic E-state index is 5.68. The van der Waals surface area contributed by atoms with E-state index in [0.29, 0.717) is 79.3 Å². The van der Waals surface area contributed by atoms with Crippen molar-refractivity contribution in [1.82, 2.24) is 0 Å². The van der Waals surface area contributed by atoms with Gasteiger partial charge >= 0.3 is 0 Å². The van der Waals surface area contributed by atoms with Crippen molar-refractivity contribution in [1.29, 1.82) is 0 Å². The van der Waals surface area contributed by atoms with Crippen LogP contribution in [-0.2, 0) is 33.2 Å². The summed E-state index contributed by atoms with van der Waals surface area (Å²) in [5, 5.41) is 0. The van der Waals surface area contributed by atoms with Gasteiger partial charge in [-0.1, -0.05) is 126 Å². The van der Waals surface area contributed by atoms with Crippen molar-refractivity contribution < 1.29 is 33.2 Å². The largest absolute Gasteiger partial charge is 0.379 e. The predicted octanol–water partition coefficient (Wildman–Crippen LogP) is 8.58. The molecule has 0 heterocycles. The molecule has 8 heteroatoms. The average molecular weight is 717 g/mol. The Morgan fingerprint density at radius 1 is 0.262 bits per heavy atom. The maximum absolute atomic E-state index is 5.68. The third kappa shape index (κ3) is 40.5. The SMILES string of the molecule is CCCCCCCCCCCCCCCCOCCOCCOCCOCCOCCOCCOCCCCCCI. The highest BCUT2D eigenvalue weighted by Crippen LogP contribution is 2.13. The Bertz CT molecular complexity index is 420. The van der Waals surface area contributed by atoms with E-state index in [1.54, 1.807) is 0 Å². The van der Waals surface area contributed by atoms with E-state index in [9.17, 15) is 0 Å². The third-order valence-corrected chi connectivity index (χ3v) is 7.81. The average Bonchev–Trinajstić information content (AvgIpc) is 3.00. The molecule has 0 aromatic rings. The van der Waals surface area contributed by atoms with Gasteiger partial charge in [0.05, 0.1) is 79.3 Å². The molecule has 0 aromatic carbocycles. The number of alkyl halides is 1. The molecule has 7 nitrogen and oxygen atoms in total. The normalized spacial score (nSPS) is 11.6. The lowest BCUT2D eigenvalue weighted by molar-refractivity contribution is -0.0206. The molecule has 0 N–H and O–H groups in total. The van der Waals surface area contributed by atoms with Crippen molar-refractivity contribution in [2.45, 2.75) is 122 Å². The fraction of sp³-hybridized carbons (Fsp3) is 1.00. The molecule has 0 aromatic heterocycles. The zero-order chi connectivity index (χ0) is 30.3. The minimum absolute atomic E-state index is 0.567. The van der Waals surface area contributed by atoms with Crippen LogP contribution in [0, 0.1) is 0 Å². The lowest BCUT2D eigenvalue weighted by Gasteiger charge is -2.08. The molecular weight excluding hydrogens is 647 g/mol. The summed E-state index contributed by atoms with van der Waals surface area (Å²) in [4.78, 5) is 0. The maximum Gasteiger partial charge on any atom is 0.0701 e. The van der Waals surface area contributed by atoms with Gasteiger partial charge in [0, 0.05) is 13.2 Å². The molecule has 0 saturated heterocycles. The second-order valence-electron chi connectivity index (χ2n) is 11.0. The number of halogens is 1. The molecule has 0 aliphatic carbocycles. The molecule has 0 saturated carbocycles. The molecule has 0 aliphatic heterocycles. The summed E-state index contributed by atoms with van der Waals surface area (Å²) in [6.07, 6.45) is 24.4. The Labute approximate surface area is 274 Å². The van der Waals surface area contributed by atoms with Gasteiger partial charge in [-0.2, -0.15) is 0 Å². The molecule has 0 atom stereocenters. The van der Waals surface area contributed by atoms with E-state index in [4.69, 9.17) is 33.2 Å². The first kappa shape index (κ1) is 42.5. The zero-order valence-electron chi connectivity index (χ0n) is 27.6. The topological polar surface area (TPSA) is 64.6 Å². The summed E-state index contributed by atoms with van der Waals surface area (Å²) >= 11 is 2.43. The quantitative estimate of drug-likeness (QED) is 0.0359. The van der Waals surface area contributed by atoms with Crippen LogP contribution in [0.1, 0.15) is 122 Å². The minimum atomic E-state index is 0.567. The Balaban J connectivity index is 3.02. The second-order valence-corrected chi connectivity index (χ2v) is 12.1. The summed E-state index contributed by atoms with van der Waals surface area (Å²) in [7, 11) is 0. The number of ether oxygens (including phenoxy) is 7. The molecule has 0 aliphatic rings. The standard InChI is InChI=1S/C34H69IO7/c1-2-3-4-5-6-7-8-9-10-11-12-13-15-18-21-36-23-25-38-27-29-40-31-33-42-34-32-41-30-28-39-26-24-37-22-19-16-14-17-20-35/h2-34H2,1H3. The van der Waals surface area contributed by atoms with Crippen molar-refractivity contribution in [3.63, 3.8) is 0 Å².